The minimum absolute atomic E-state index is 0.0869. The molecule has 0 amide bonds. The zero-order valence-electron chi connectivity index (χ0n) is 22.5. The van der Waals surface area contributed by atoms with Gasteiger partial charge >= 0.3 is 5.97 Å². The minimum atomic E-state index is -0.745. The summed E-state index contributed by atoms with van der Waals surface area (Å²) in [5, 5.41) is 0. The number of carbonyl (C=O) groups excluding carboxylic acids is 3. The number of fused-ring (bicyclic) bond motifs is 3. The van der Waals surface area contributed by atoms with Crippen molar-refractivity contribution in [3.63, 3.8) is 0 Å². The fourth-order valence-corrected chi connectivity index (χ4v) is 6.03. The lowest BCUT2D eigenvalue weighted by atomic mass is 9.82. The predicted octanol–water partition coefficient (Wildman–Crippen LogP) is 7.57. The third kappa shape index (κ3) is 5.36. The summed E-state index contributed by atoms with van der Waals surface area (Å²) >= 11 is 0. The van der Waals surface area contributed by atoms with Gasteiger partial charge in [-0.3, -0.25) is 14.4 Å². The quantitative estimate of drug-likeness (QED) is 0.127. The fourth-order valence-electron chi connectivity index (χ4n) is 6.03. The lowest BCUT2D eigenvalue weighted by molar-refractivity contribution is -0.143. The summed E-state index contributed by atoms with van der Waals surface area (Å²) in [7, 11) is 0. The molecule has 6 rings (SSSR count). The van der Waals surface area contributed by atoms with E-state index >= 15 is 0 Å². The molecule has 208 valence electrons. The number of halogens is 2. The van der Waals surface area contributed by atoms with E-state index in [0.29, 0.717) is 27.8 Å². The molecular weight excluding hydrogens is 534 g/mol. The highest BCUT2D eigenvalue weighted by Gasteiger charge is 2.54. The van der Waals surface area contributed by atoms with Crippen molar-refractivity contribution in [2.75, 3.05) is 0 Å². The first-order chi connectivity index (χ1) is 20.4. The van der Waals surface area contributed by atoms with Crippen LogP contribution in [-0.4, -0.2) is 23.6 Å². The van der Waals surface area contributed by atoms with Crippen LogP contribution >= 0.6 is 0 Å². The second-order valence-electron chi connectivity index (χ2n) is 10.5. The molecule has 42 heavy (non-hydrogen) atoms. The molecule has 0 spiro atoms. The normalized spacial score (nSPS) is 21.0. The van der Waals surface area contributed by atoms with Crippen molar-refractivity contribution in [3.8, 4) is 0 Å². The highest BCUT2D eigenvalue weighted by molar-refractivity contribution is 6.07. The number of ketones is 2. The molecule has 1 heterocycles. The van der Waals surface area contributed by atoms with Gasteiger partial charge in [0.05, 0.1) is 5.92 Å². The van der Waals surface area contributed by atoms with Gasteiger partial charge in [0.25, 0.3) is 0 Å². The number of carbonyl (C=O) groups is 3. The molecular formula is C36H26F2O4. The Morgan fingerprint density at radius 1 is 0.714 bits per heavy atom. The zero-order chi connectivity index (χ0) is 29.2. The first kappa shape index (κ1) is 27.2. The molecule has 0 bridgehead atoms. The number of allylic oxidation sites excluding steroid dienone is 1. The standard InChI is InChI=1S/C36H26F2O4/c37-26-14-11-22(12-17-31(39)23-7-3-1-4-8-23)25(19-26)13-18-33-34-29-20-27(38)15-16-28(29)30(35(34)36(41)42-33)21-32(40)24-9-5-2-6-10-24/h1-20,30,33-35H,21H2/b17-12+,18-13+/t30-,33+,34-,35-/m0/s1. The number of hydrogen-bond acceptors (Lipinski definition) is 4. The van der Waals surface area contributed by atoms with Crippen LogP contribution < -0.4 is 0 Å². The maximum absolute atomic E-state index is 14.4. The van der Waals surface area contributed by atoms with Crippen LogP contribution in [0.2, 0.25) is 0 Å². The SMILES string of the molecule is O=C(/C=C/c1ccc(F)cc1/C=C/[C@H]1OC(=O)[C@@H]2[C@H]1c1cc(F)ccc1[C@@H]2CC(=O)c1ccccc1)c1ccccc1. The van der Waals surface area contributed by atoms with E-state index in [4.69, 9.17) is 4.74 Å². The van der Waals surface area contributed by atoms with Crippen LogP contribution in [0.3, 0.4) is 0 Å². The molecule has 1 fully saturated rings. The van der Waals surface area contributed by atoms with Gasteiger partial charge in [0.15, 0.2) is 11.6 Å². The molecule has 1 aliphatic carbocycles. The van der Waals surface area contributed by atoms with Crippen molar-refractivity contribution in [2.45, 2.75) is 24.4 Å². The van der Waals surface area contributed by atoms with Gasteiger partial charge in [-0.2, -0.15) is 0 Å². The Hall–Kier alpha value is -4.97. The monoisotopic (exact) mass is 560 g/mol. The van der Waals surface area contributed by atoms with E-state index in [-0.39, 0.29) is 18.0 Å². The third-order valence-electron chi connectivity index (χ3n) is 7.99. The summed E-state index contributed by atoms with van der Waals surface area (Å²) in [4.78, 5) is 38.9. The van der Waals surface area contributed by atoms with Crippen LogP contribution in [0.1, 0.15) is 61.2 Å². The second kappa shape index (κ2) is 11.5. The van der Waals surface area contributed by atoms with Crippen LogP contribution in [0.15, 0.2) is 109 Å². The van der Waals surface area contributed by atoms with Crippen molar-refractivity contribution in [3.05, 3.63) is 154 Å². The van der Waals surface area contributed by atoms with Gasteiger partial charge < -0.3 is 4.74 Å². The topological polar surface area (TPSA) is 60.4 Å². The first-order valence-corrected chi connectivity index (χ1v) is 13.7. The molecule has 1 saturated heterocycles. The van der Waals surface area contributed by atoms with Gasteiger partial charge in [-0.25, -0.2) is 8.78 Å². The van der Waals surface area contributed by atoms with Crippen molar-refractivity contribution in [2.24, 2.45) is 5.92 Å². The van der Waals surface area contributed by atoms with E-state index in [1.54, 1.807) is 78.9 Å². The number of rotatable bonds is 8. The summed E-state index contributed by atoms with van der Waals surface area (Å²) in [6, 6.07) is 26.3. The van der Waals surface area contributed by atoms with E-state index < -0.39 is 41.5 Å². The van der Waals surface area contributed by atoms with E-state index in [1.165, 1.54) is 30.3 Å². The Kier molecular flexibility index (Phi) is 7.44. The molecule has 0 radical (unpaired) electrons. The zero-order valence-corrected chi connectivity index (χ0v) is 22.5. The average Bonchev–Trinajstić information content (AvgIpc) is 3.50. The van der Waals surface area contributed by atoms with Crippen molar-refractivity contribution in [1.82, 2.24) is 0 Å². The smallest absolute Gasteiger partial charge is 0.310 e. The van der Waals surface area contributed by atoms with E-state index in [9.17, 15) is 23.2 Å². The highest BCUT2D eigenvalue weighted by atomic mass is 19.1. The van der Waals surface area contributed by atoms with Gasteiger partial charge in [-0.1, -0.05) is 84.9 Å². The molecule has 1 aliphatic heterocycles. The Bertz CT molecular complexity index is 1730. The van der Waals surface area contributed by atoms with E-state index in [2.05, 4.69) is 0 Å². The summed E-state index contributed by atoms with van der Waals surface area (Å²) in [6.45, 7) is 0. The summed E-state index contributed by atoms with van der Waals surface area (Å²) < 4.78 is 34.5. The largest absolute Gasteiger partial charge is 0.457 e. The molecule has 0 unspecified atom stereocenters. The van der Waals surface area contributed by atoms with Gasteiger partial charge in [0, 0.05) is 29.4 Å². The summed E-state index contributed by atoms with van der Waals surface area (Å²) in [5.74, 6) is -3.27. The molecule has 6 heteroatoms. The van der Waals surface area contributed by atoms with Crippen LogP contribution in [0, 0.1) is 17.6 Å². The van der Waals surface area contributed by atoms with Gasteiger partial charge in [0.1, 0.15) is 17.7 Å². The van der Waals surface area contributed by atoms with Crippen molar-refractivity contribution in [1.29, 1.82) is 0 Å². The predicted molar refractivity (Wildman–Crippen MR) is 156 cm³/mol. The second-order valence-corrected chi connectivity index (χ2v) is 10.5. The maximum atomic E-state index is 14.4. The number of Topliss-reactive ketones (excluding diaryl/α,β-unsaturated/α-hetero) is 1. The van der Waals surface area contributed by atoms with Crippen molar-refractivity contribution >= 4 is 29.7 Å². The minimum Gasteiger partial charge on any atom is -0.457 e. The maximum Gasteiger partial charge on any atom is 0.310 e. The van der Waals surface area contributed by atoms with Crippen LogP contribution in [0.25, 0.3) is 12.2 Å². The number of cyclic esters (lactones) is 1. The molecule has 4 aromatic rings. The third-order valence-corrected chi connectivity index (χ3v) is 7.99. The molecule has 4 aromatic carbocycles. The van der Waals surface area contributed by atoms with Gasteiger partial charge in [-0.05, 0) is 58.7 Å². The Balaban J connectivity index is 1.29. The average molecular weight is 561 g/mol. The van der Waals surface area contributed by atoms with Gasteiger partial charge in [-0.15, -0.1) is 0 Å². The fraction of sp³-hybridized carbons (Fsp3) is 0.139. The van der Waals surface area contributed by atoms with Crippen LogP contribution in [0.4, 0.5) is 8.78 Å². The number of esters is 1. The van der Waals surface area contributed by atoms with Gasteiger partial charge in [0.2, 0.25) is 0 Å². The lowest BCUT2D eigenvalue weighted by Gasteiger charge is -2.16. The Morgan fingerprint density at radius 2 is 1.38 bits per heavy atom. The summed E-state index contributed by atoms with van der Waals surface area (Å²) in [5.41, 5.74) is 3.56. The van der Waals surface area contributed by atoms with Crippen LogP contribution in [-0.2, 0) is 9.53 Å². The molecule has 0 N–H and O–H groups in total. The highest BCUT2D eigenvalue weighted by Crippen LogP contribution is 2.55. The van der Waals surface area contributed by atoms with E-state index in [0.717, 1.165) is 5.56 Å². The molecule has 0 saturated carbocycles. The number of ether oxygens (including phenoxy) is 1. The molecule has 2 aliphatic rings. The first-order valence-electron chi connectivity index (χ1n) is 13.7. The molecule has 4 atom stereocenters. The Morgan fingerprint density at radius 3 is 2.12 bits per heavy atom. The van der Waals surface area contributed by atoms with E-state index in [1.807, 2.05) is 12.1 Å². The lowest BCUT2D eigenvalue weighted by Crippen LogP contribution is -2.19. The van der Waals surface area contributed by atoms with Crippen molar-refractivity contribution < 1.29 is 27.9 Å². The Labute approximate surface area is 242 Å². The van der Waals surface area contributed by atoms with Crippen LogP contribution in [0.5, 0.6) is 0 Å². The summed E-state index contributed by atoms with van der Waals surface area (Å²) in [6.07, 6.45) is 5.70. The molecule has 4 nitrogen and oxygen atoms in total. The number of benzene rings is 4. The number of hydrogen-bond donors (Lipinski definition) is 0. The molecule has 0 aromatic heterocycles.